The zero-order valence-electron chi connectivity index (χ0n) is 19.8. The standard InChI is InChI=1S/C23H45NO3S/c1-10-12-20(2,3)16-23(8,9)17-24-18(25)14-22(6,7)15-21(4,5)13-11-19(26)27-28/h28H,10-17H2,1-9H3,(H,24,25). The first-order valence-electron chi connectivity index (χ1n) is 10.6. The van der Waals surface area contributed by atoms with Gasteiger partial charge in [-0.25, -0.2) is 0 Å². The third-order valence-electron chi connectivity index (χ3n) is 5.35. The summed E-state index contributed by atoms with van der Waals surface area (Å²) in [6.07, 6.45) is 5.89. The van der Waals surface area contributed by atoms with Crippen molar-refractivity contribution < 1.29 is 13.8 Å². The molecule has 0 heterocycles. The Morgan fingerprint density at radius 3 is 1.82 bits per heavy atom. The number of amides is 1. The maximum absolute atomic E-state index is 12.6. The highest BCUT2D eigenvalue weighted by Gasteiger charge is 2.32. The molecule has 166 valence electrons. The summed E-state index contributed by atoms with van der Waals surface area (Å²) in [5, 5.41) is 3.17. The molecule has 0 aromatic carbocycles. The Morgan fingerprint density at radius 2 is 1.32 bits per heavy atom. The fourth-order valence-corrected chi connectivity index (χ4v) is 4.98. The van der Waals surface area contributed by atoms with Gasteiger partial charge in [-0.1, -0.05) is 68.7 Å². The average molecular weight is 416 g/mol. The molecule has 0 radical (unpaired) electrons. The Hall–Kier alpha value is -0.710. The maximum atomic E-state index is 12.6. The summed E-state index contributed by atoms with van der Waals surface area (Å²) in [5.74, 6) is -0.197. The van der Waals surface area contributed by atoms with Gasteiger partial charge in [-0.2, -0.15) is 0 Å². The van der Waals surface area contributed by atoms with Crippen LogP contribution in [-0.2, 0) is 13.8 Å². The molecule has 0 aliphatic carbocycles. The molecule has 0 saturated carbocycles. The topological polar surface area (TPSA) is 55.4 Å². The van der Waals surface area contributed by atoms with Crippen molar-refractivity contribution in [2.75, 3.05) is 6.54 Å². The van der Waals surface area contributed by atoms with E-state index in [0.717, 1.165) is 19.3 Å². The number of rotatable bonds is 13. The molecule has 28 heavy (non-hydrogen) atoms. The molecule has 0 aromatic heterocycles. The van der Waals surface area contributed by atoms with Crippen LogP contribution in [0.5, 0.6) is 0 Å². The minimum absolute atomic E-state index is 0.0464. The van der Waals surface area contributed by atoms with Crippen LogP contribution in [0.2, 0.25) is 0 Å². The first kappa shape index (κ1) is 27.3. The van der Waals surface area contributed by atoms with E-state index in [9.17, 15) is 9.59 Å². The first-order chi connectivity index (χ1) is 12.5. The molecule has 0 unspecified atom stereocenters. The zero-order chi connectivity index (χ0) is 22.2. The highest BCUT2D eigenvalue weighted by Crippen LogP contribution is 2.40. The van der Waals surface area contributed by atoms with E-state index in [1.807, 2.05) is 0 Å². The van der Waals surface area contributed by atoms with Crippen LogP contribution < -0.4 is 5.32 Å². The van der Waals surface area contributed by atoms with Gasteiger partial charge in [0.1, 0.15) is 0 Å². The average Bonchev–Trinajstić information content (AvgIpc) is 2.48. The van der Waals surface area contributed by atoms with Gasteiger partial charge in [0.25, 0.3) is 0 Å². The molecule has 0 aromatic rings. The lowest BCUT2D eigenvalue weighted by Crippen LogP contribution is -2.39. The van der Waals surface area contributed by atoms with Gasteiger partial charge in [-0.05, 0) is 47.3 Å². The predicted molar refractivity (Wildman–Crippen MR) is 121 cm³/mol. The van der Waals surface area contributed by atoms with Gasteiger partial charge >= 0.3 is 5.97 Å². The second-order valence-corrected chi connectivity index (χ2v) is 11.9. The molecule has 0 fully saturated rings. The number of nitrogens with one attached hydrogen (secondary N) is 1. The van der Waals surface area contributed by atoms with Gasteiger partial charge in [0.05, 0.1) is 0 Å². The summed E-state index contributed by atoms with van der Waals surface area (Å²) in [4.78, 5) is 24.0. The van der Waals surface area contributed by atoms with Gasteiger partial charge in [-0.15, -0.1) is 0 Å². The van der Waals surface area contributed by atoms with E-state index in [0.29, 0.717) is 24.8 Å². The summed E-state index contributed by atoms with van der Waals surface area (Å²) >= 11 is 3.56. The molecule has 0 saturated heterocycles. The second-order valence-electron chi connectivity index (χ2n) is 11.7. The molecule has 4 nitrogen and oxygen atoms in total. The van der Waals surface area contributed by atoms with Gasteiger partial charge in [0.15, 0.2) is 0 Å². The van der Waals surface area contributed by atoms with E-state index >= 15 is 0 Å². The molecule has 0 aliphatic heterocycles. The maximum Gasteiger partial charge on any atom is 0.317 e. The Labute approximate surface area is 179 Å². The quantitative estimate of drug-likeness (QED) is 0.272. The van der Waals surface area contributed by atoms with Crippen LogP contribution in [0, 0.1) is 21.7 Å². The Kier molecular flexibility index (Phi) is 10.6. The van der Waals surface area contributed by atoms with Crippen LogP contribution in [0.4, 0.5) is 0 Å². The van der Waals surface area contributed by atoms with Crippen LogP contribution >= 0.6 is 12.9 Å². The zero-order valence-corrected chi connectivity index (χ0v) is 20.7. The molecule has 0 rings (SSSR count). The highest BCUT2D eigenvalue weighted by atomic mass is 32.1. The number of carbonyl (C=O) groups excluding carboxylic acids is 2. The van der Waals surface area contributed by atoms with Crippen molar-refractivity contribution in [1.82, 2.24) is 5.32 Å². The molecule has 5 heteroatoms. The summed E-state index contributed by atoms with van der Waals surface area (Å²) in [7, 11) is 0. The minimum Gasteiger partial charge on any atom is -0.395 e. The number of thiol groups is 1. The van der Waals surface area contributed by atoms with Crippen molar-refractivity contribution >= 4 is 24.8 Å². The molecule has 1 N–H and O–H groups in total. The van der Waals surface area contributed by atoms with Gasteiger partial charge < -0.3 is 9.50 Å². The lowest BCUT2D eigenvalue weighted by molar-refractivity contribution is -0.133. The third-order valence-corrected chi connectivity index (χ3v) is 5.56. The summed E-state index contributed by atoms with van der Waals surface area (Å²) in [5.41, 5.74) is 0.185. The fraction of sp³-hybridized carbons (Fsp3) is 0.913. The Balaban J connectivity index is 4.61. The Morgan fingerprint density at radius 1 is 0.821 bits per heavy atom. The number of hydrogen-bond acceptors (Lipinski definition) is 4. The lowest BCUT2D eigenvalue weighted by Gasteiger charge is -2.36. The summed E-state index contributed by atoms with van der Waals surface area (Å²) in [6, 6.07) is 0. The summed E-state index contributed by atoms with van der Waals surface area (Å²) < 4.78 is 4.45. The van der Waals surface area contributed by atoms with Crippen molar-refractivity contribution in [3.8, 4) is 0 Å². The predicted octanol–water partition coefficient (Wildman–Crippen LogP) is 6.35. The van der Waals surface area contributed by atoms with Crippen LogP contribution in [0.25, 0.3) is 0 Å². The van der Waals surface area contributed by atoms with Crippen LogP contribution in [-0.4, -0.2) is 18.4 Å². The smallest absolute Gasteiger partial charge is 0.317 e. The highest BCUT2D eigenvalue weighted by molar-refractivity contribution is 7.75. The molecule has 0 atom stereocenters. The van der Waals surface area contributed by atoms with E-state index in [1.165, 1.54) is 12.8 Å². The van der Waals surface area contributed by atoms with Gasteiger partial charge in [0, 0.05) is 32.3 Å². The van der Waals surface area contributed by atoms with Crippen molar-refractivity contribution in [2.24, 2.45) is 21.7 Å². The lowest BCUT2D eigenvalue weighted by atomic mass is 9.71. The first-order valence-corrected chi connectivity index (χ1v) is 11.0. The van der Waals surface area contributed by atoms with Crippen molar-refractivity contribution in [3.05, 3.63) is 0 Å². The van der Waals surface area contributed by atoms with E-state index in [4.69, 9.17) is 0 Å². The van der Waals surface area contributed by atoms with E-state index in [2.05, 4.69) is 84.7 Å². The van der Waals surface area contributed by atoms with Gasteiger partial charge in [0.2, 0.25) is 5.91 Å². The van der Waals surface area contributed by atoms with Crippen LogP contribution in [0.15, 0.2) is 0 Å². The van der Waals surface area contributed by atoms with E-state index in [-0.39, 0.29) is 28.1 Å². The van der Waals surface area contributed by atoms with Crippen molar-refractivity contribution in [3.63, 3.8) is 0 Å². The monoisotopic (exact) mass is 415 g/mol. The number of carbonyl (C=O) groups is 2. The SMILES string of the molecule is CCCC(C)(C)CC(C)(C)CNC(=O)CC(C)(C)CC(C)(C)CCC(=O)OS. The van der Waals surface area contributed by atoms with Crippen molar-refractivity contribution in [1.29, 1.82) is 0 Å². The fourth-order valence-electron chi connectivity index (χ4n) is 4.89. The second kappa shape index (κ2) is 10.9. The largest absolute Gasteiger partial charge is 0.395 e. The van der Waals surface area contributed by atoms with Gasteiger partial charge in [-0.3, -0.25) is 9.59 Å². The number of hydrogen-bond donors (Lipinski definition) is 2. The normalized spacial score (nSPS) is 13.4. The molecular formula is C23H45NO3S. The molecule has 0 spiro atoms. The summed E-state index contributed by atoms with van der Waals surface area (Å²) in [6.45, 7) is 20.5. The molecular weight excluding hydrogens is 370 g/mol. The third kappa shape index (κ3) is 12.7. The molecule has 0 bridgehead atoms. The molecule has 0 aliphatic rings. The van der Waals surface area contributed by atoms with Crippen molar-refractivity contribution in [2.45, 2.75) is 107 Å². The minimum atomic E-state index is -0.305. The van der Waals surface area contributed by atoms with E-state index < -0.39 is 0 Å². The van der Waals surface area contributed by atoms with E-state index in [1.54, 1.807) is 0 Å². The van der Waals surface area contributed by atoms with Crippen LogP contribution in [0.1, 0.15) is 107 Å². The van der Waals surface area contributed by atoms with Crippen LogP contribution in [0.3, 0.4) is 0 Å². The Bertz CT molecular complexity index is 510. The molecule has 1 amide bonds.